The van der Waals surface area contributed by atoms with Crippen LogP contribution in [-0.2, 0) is 0 Å². The second-order valence-corrected chi connectivity index (χ2v) is 7.94. The molecule has 0 aromatic heterocycles. The number of nitrogens with zero attached hydrogens (tertiary/aromatic N) is 2. The van der Waals surface area contributed by atoms with Crippen LogP contribution in [-0.4, -0.2) is 22.4 Å². The van der Waals surface area contributed by atoms with E-state index in [4.69, 9.17) is 34.8 Å². The first-order chi connectivity index (χ1) is 15.7. The fourth-order valence-electron chi connectivity index (χ4n) is 2.82. The molecule has 3 aromatic carbocycles. The SMILES string of the molecule is C/C(=N/NC(=O)c1ccccc1NC(=O)c1ccc([N+](=O)[O-])c(Cl)c1)c1ccc(Cl)cc1Cl. The Morgan fingerprint density at radius 3 is 2.30 bits per heavy atom. The minimum absolute atomic E-state index is 0.0899. The third-order valence-electron chi connectivity index (χ3n) is 4.47. The lowest BCUT2D eigenvalue weighted by Gasteiger charge is -2.11. The number of hydrogen-bond acceptors (Lipinski definition) is 5. The molecule has 33 heavy (non-hydrogen) atoms. The number of para-hydroxylation sites is 1. The number of rotatable bonds is 6. The Labute approximate surface area is 203 Å². The Bertz CT molecular complexity index is 1290. The third kappa shape index (κ3) is 5.87. The maximum Gasteiger partial charge on any atom is 0.287 e. The maximum absolute atomic E-state index is 12.7. The van der Waals surface area contributed by atoms with E-state index in [-0.39, 0.29) is 27.5 Å². The van der Waals surface area contributed by atoms with Crippen LogP contribution in [0.15, 0.2) is 65.8 Å². The number of carbonyl (C=O) groups is 2. The lowest BCUT2D eigenvalue weighted by Crippen LogP contribution is -2.22. The molecule has 0 saturated carbocycles. The van der Waals surface area contributed by atoms with E-state index < -0.39 is 16.7 Å². The summed E-state index contributed by atoms with van der Waals surface area (Å²) < 4.78 is 0. The van der Waals surface area contributed by atoms with Crippen molar-refractivity contribution in [1.29, 1.82) is 0 Å². The molecule has 3 aromatic rings. The number of nitrogens with one attached hydrogen (secondary N) is 2. The van der Waals surface area contributed by atoms with Gasteiger partial charge in [0.15, 0.2) is 0 Å². The van der Waals surface area contributed by atoms with E-state index in [2.05, 4.69) is 15.8 Å². The van der Waals surface area contributed by atoms with Gasteiger partial charge in [0.1, 0.15) is 5.02 Å². The van der Waals surface area contributed by atoms with E-state index in [1.807, 2.05) is 0 Å². The number of hydrogen-bond donors (Lipinski definition) is 2. The standard InChI is InChI=1S/C22H15Cl3N4O4/c1-12(15-8-7-14(23)11-17(15)24)27-28-22(31)16-4-2-3-5-19(16)26-21(30)13-6-9-20(29(32)33)18(25)10-13/h2-11H,1H3,(H,26,30)(H,28,31)/b27-12-. The smallest absolute Gasteiger partial charge is 0.287 e. The van der Waals surface area contributed by atoms with Crippen LogP contribution in [0.2, 0.25) is 15.1 Å². The molecule has 2 amide bonds. The molecule has 0 aliphatic carbocycles. The van der Waals surface area contributed by atoms with Gasteiger partial charge in [-0.1, -0.05) is 53.0 Å². The number of carbonyl (C=O) groups excluding carboxylic acids is 2. The molecule has 8 nitrogen and oxygen atoms in total. The first kappa shape index (κ1) is 24.2. The van der Waals surface area contributed by atoms with Crippen LogP contribution in [0, 0.1) is 10.1 Å². The van der Waals surface area contributed by atoms with Gasteiger partial charge in [0.25, 0.3) is 17.5 Å². The van der Waals surface area contributed by atoms with E-state index in [1.54, 1.807) is 37.3 Å². The normalized spacial score (nSPS) is 11.1. The highest BCUT2D eigenvalue weighted by Gasteiger charge is 2.18. The van der Waals surface area contributed by atoms with Gasteiger partial charge in [-0.15, -0.1) is 0 Å². The van der Waals surface area contributed by atoms with Crippen LogP contribution in [0.1, 0.15) is 33.2 Å². The Morgan fingerprint density at radius 1 is 0.909 bits per heavy atom. The Balaban J connectivity index is 1.78. The predicted octanol–water partition coefficient (Wildman–Crippen LogP) is 5.96. The summed E-state index contributed by atoms with van der Waals surface area (Å²) in [7, 11) is 0. The average molecular weight is 506 g/mol. The van der Waals surface area contributed by atoms with E-state index in [0.717, 1.165) is 6.07 Å². The molecule has 0 aliphatic heterocycles. The summed E-state index contributed by atoms with van der Waals surface area (Å²) >= 11 is 17.9. The average Bonchev–Trinajstić information content (AvgIpc) is 2.77. The molecule has 2 N–H and O–H groups in total. The molecule has 0 unspecified atom stereocenters. The number of amides is 2. The lowest BCUT2D eigenvalue weighted by molar-refractivity contribution is -0.384. The third-order valence-corrected chi connectivity index (χ3v) is 5.32. The van der Waals surface area contributed by atoms with Gasteiger partial charge in [0.2, 0.25) is 0 Å². The fourth-order valence-corrected chi connectivity index (χ4v) is 3.61. The minimum atomic E-state index is -0.649. The summed E-state index contributed by atoms with van der Waals surface area (Å²) in [5.74, 6) is -1.17. The van der Waals surface area contributed by atoms with Gasteiger partial charge in [0, 0.05) is 22.2 Å². The van der Waals surface area contributed by atoms with Crippen LogP contribution >= 0.6 is 34.8 Å². The van der Waals surface area contributed by atoms with E-state index >= 15 is 0 Å². The summed E-state index contributed by atoms with van der Waals surface area (Å²) in [6.07, 6.45) is 0. The molecule has 11 heteroatoms. The van der Waals surface area contributed by atoms with Crippen molar-refractivity contribution < 1.29 is 14.5 Å². The van der Waals surface area contributed by atoms with Gasteiger partial charge in [-0.3, -0.25) is 19.7 Å². The Hall–Kier alpha value is -3.46. The first-order valence-electron chi connectivity index (χ1n) is 9.31. The Morgan fingerprint density at radius 2 is 1.64 bits per heavy atom. The molecule has 3 rings (SSSR count). The summed E-state index contributed by atoms with van der Waals surface area (Å²) in [6.45, 7) is 1.67. The summed E-state index contributed by atoms with van der Waals surface area (Å²) in [6, 6.07) is 14.8. The number of anilines is 1. The number of nitro benzene ring substituents is 1. The zero-order valence-corrected chi connectivity index (χ0v) is 19.2. The van der Waals surface area contributed by atoms with Crippen molar-refractivity contribution in [3.8, 4) is 0 Å². The van der Waals surface area contributed by atoms with Crippen molar-refractivity contribution in [2.75, 3.05) is 5.32 Å². The van der Waals surface area contributed by atoms with Crippen molar-refractivity contribution in [3.05, 3.63) is 103 Å². The van der Waals surface area contributed by atoms with E-state index in [0.29, 0.717) is 21.3 Å². The van der Waals surface area contributed by atoms with Crippen molar-refractivity contribution >= 4 is 63.7 Å². The molecule has 0 saturated heterocycles. The second-order valence-electron chi connectivity index (χ2n) is 6.69. The molecule has 0 fully saturated rings. The van der Waals surface area contributed by atoms with Crippen LogP contribution in [0.25, 0.3) is 0 Å². The predicted molar refractivity (Wildman–Crippen MR) is 129 cm³/mol. The van der Waals surface area contributed by atoms with Crippen LogP contribution in [0.5, 0.6) is 0 Å². The highest BCUT2D eigenvalue weighted by atomic mass is 35.5. The molecule has 168 valence electrons. The van der Waals surface area contributed by atoms with Crippen LogP contribution in [0.3, 0.4) is 0 Å². The fraction of sp³-hybridized carbons (Fsp3) is 0.0455. The van der Waals surface area contributed by atoms with Gasteiger partial charge < -0.3 is 5.32 Å². The quantitative estimate of drug-likeness (QED) is 0.244. The molecule has 0 atom stereocenters. The second kappa shape index (κ2) is 10.4. The number of benzene rings is 3. The van der Waals surface area contributed by atoms with Crippen molar-refractivity contribution in [3.63, 3.8) is 0 Å². The zero-order chi connectivity index (χ0) is 24.1. The molecule has 0 heterocycles. The maximum atomic E-state index is 12.7. The van der Waals surface area contributed by atoms with E-state index in [9.17, 15) is 19.7 Å². The summed E-state index contributed by atoms with van der Waals surface area (Å²) in [4.78, 5) is 35.6. The summed E-state index contributed by atoms with van der Waals surface area (Å²) in [5, 5.41) is 18.3. The summed E-state index contributed by atoms with van der Waals surface area (Å²) in [5.41, 5.74) is 3.62. The molecule has 0 spiro atoms. The van der Waals surface area contributed by atoms with Gasteiger partial charge in [-0.25, -0.2) is 5.43 Å². The molecular weight excluding hydrogens is 491 g/mol. The van der Waals surface area contributed by atoms with Gasteiger partial charge >= 0.3 is 0 Å². The highest BCUT2D eigenvalue weighted by Crippen LogP contribution is 2.26. The molecular formula is C22H15Cl3N4O4. The molecule has 0 radical (unpaired) electrons. The molecule has 0 bridgehead atoms. The monoisotopic (exact) mass is 504 g/mol. The van der Waals surface area contributed by atoms with Crippen LogP contribution in [0.4, 0.5) is 11.4 Å². The van der Waals surface area contributed by atoms with Gasteiger partial charge in [-0.05, 0) is 43.3 Å². The number of nitro groups is 1. The molecule has 0 aliphatic rings. The van der Waals surface area contributed by atoms with Crippen molar-refractivity contribution in [2.45, 2.75) is 6.92 Å². The number of halogens is 3. The van der Waals surface area contributed by atoms with Gasteiger partial charge in [0.05, 0.1) is 26.9 Å². The first-order valence-corrected chi connectivity index (χ1v) is 10.4. The van der Waals surface area contributed by atoms with Crippen molar-refractivity contribution in [2.24, 2.45) is 5.10 Å². The van der Waals surface area contributed by atoms with Crippen LogP contribution < -0.4 is 10.7 Å². The van der Waals surface area contributed by atoms with Gasteiger partial charge in [-0.2, -0.15) is 5.10 Å². The zero-order valence-electron chi connectivity index (χ0n) is 16.9. The van der Waals surface area contributed by atoms with Crippen molar-refractivity contribution in [1.82, 2.24) is 5.43 Å². The highest BCUT2D eigenvalue weighted by molar-refractivity contribution is 6.37. The lowest BCUT2D eigenvalue weighted by atomic mass is 10.1. The number of hydrazone groups is 1. The minimum Gasteiger partial charge on any atom is -0.321 e. The topological polar surface area (TPSA) is 114 Å². The Kier molecular flexibility index (Phi) is 7.65. The van der Waals surface area contributed by atoms with E-state index in [1.165, 1.54) is 24.3 Å². The largest absolute Gasteiger partial charge is 0.321 e.